The second kappa shape index (κ2) is 6.89. The van der Waals surface area contributed by atoms with Crippen LogP contribution < -0.4 is 10.6 Å². The number of hydrogen-bond acceptors (Lipinski definition) is 5. The molecule has 0 amide bonds. The van der Waals surface area contributed by atoms with Crippen LogP contribution in [-0.2, 0) is 11.8 Å². The van der Waals surface area contributed by atoms with Crippen molar-refractivity contribution in [3.05, 3.63) is 34.3 Å². The van der Waals surface area contributed by atoms with Crippen molar-refractivity contribution in [2.45, 2.75) is 39.5 Å². The van der Waals surface area contributed by atoms with E-state index in [2.05, 4.69) is 65.8 Å². The van der Waals surface area contributed by atoms with Crippen molar-refractivity contribution < 1.29 is 0 Å². The van der Waals surface area contributed by atoms with Crippen LogP contribution in [0.4, 0.5) is 11.6 Å². The fraction of sp³-hybridized carbons (Fsp3) is 0.500. The topological polar surface area (TPSA) is 49.8 Å². The predicted octanol–water partition coefficient (Wildman–Crippen LogP) is 3.92. The molecule has 0 aliphatic rings. The van der Waals surface area contributed by atoms with Crippen LogP contribution in [0.3, 0.4) is 0 Å². The minimum Gasteiger partial charge on any atom is -0.370 e. The van der Waals surface area contributed by atoms with Crippen molar-refractivity contribution in [3.63, 3.8) is 0 Å². The zero-order valence-electron chi connectivity index (χ0n) is 13.2. The van der Waals surface area contributed by atoms with E-state index in [0.717, 1.165) is 36.7 Å². The zero-order chi connectivity index (χ0) is 15.3. The van der Waals surface area contributed by atoms with Crippen LogP contribution in [-0.4, -0.2) is 23.1 Å². The fourth-order valence-electron chi connectivity index (χ4n) is 2.27. The van der Waals surface area contributed by atoms with Gasteiger partial charge in [-0.25, -0.2) is 9.97 Å². The van der Waals surface area contributed by atoms with Crippen LogP contribution >= 0.6 is 11.3 Å². The Balaban J connectivity index is 2.14. The molecule has 2 aromatic heterocycles. The first-order chi connectivity index (χ1) is 10.1. The molecular formula is C16H24N4S. The second-order valence-corrected chi connectivity index (χ2v) is 6.60. The summed E-state index contributed by atoms with van der Waals surface area (Å²) in [5, 5.41) is 8.94. The summed E-state index contributed by atoms with van der Waals surface area (Å²) in [6.07, 6.45) is 2.53. The molecule has 0 fully saturated rings. The Morgan fingerprint density at radius 1 is 1.14 bits per heavy atom. The average molecular weight is 304 g/mol. The normalized spacial score (nSPS) is 11.4. The minimum atomic E-state index is 0.0858. The van der Waals surface area contributed by atoms with Gasteiger partial charge < -0.3 is 10.6 Å². The quantitative estimate of drug-likeness (QED) is 0.814. The van der Waals surface area contributed by atoms with E-state index in [4.69, 9.17) is 0 Å². The number of nitrogens with zero attached hydrogens (tertiary/aromatic N) is 2. The van der Waals surface area contributed by atoms with Crippen molar-refractivity contribution in [2.75, 3.05) is 23.7 Å². The van der Waals surface area contributed by atoms with Gasteiger partial charge in [0.05, 0.1) is 0 Å². The third-order valence-electron chi connectivity index (χ3n) is 3.53. The van der Waals surface area contributed by atoms with Gasteiger partial charge >= 0.3 is 0 Å². The van der Waals surface area contributed by atoms with E-state index in [1.54, 1.807) is 17.7 Å². The van der Waals surface area contributed by atoms with Gasteiger partial charge in [-0.2, -0.15) is 0 Å². The minimum absolute atomic E-state index is 0.0858. The van der Waals surface area contributed by atoms with E-state index in [0.29, 0.717) is 0 Å². The Labute approximate surface area is 131 Å². The lowest BCUT2D eigenvalue weighted by Gasteiger charge is -2.25. The first-order valence-corrected chi connectivity index (χ1v) is 8.32. The Morgan fingerprint density at radius 2 is 1.86 bits per heavy atom. The Bertz CT molecular complexity index is 564. The summed E-state index contributed by atoms with van der Waals surface area (Å²) in [4.78, 5) is 10.1. The molecule has 4 nitrogen and oxygen atoms in total. The summed E-state index contributed by atoms with van der Waals surface area (Å²) in [6, 6.07) is 4.30. The van der Waals surface area contributed by atoms with Gasteiger partial charge in [-0.05, 0) is 24.8 Å². The number of nitrogens with one attached hydrogen (secondary N) is 2. The summed E-state index contributed by atoms with van der Waals surface area (Å²) in [6.45, 7) is 10.4. The molecule has 0 aromatic carbocycles. The molecule has 21 heavy (non-hydrogen) atoms. The molecule has 0 saturated heterocycles. The standard InChI is InChI=1S/C16H24N4S/c1-5-12-14(17-6-2)19-11-20-15(12)18-10-16(3,4)13-8-7-9-21-13/h7-9,11H,5-6,10H2,1-4H3,(H2,17,18,19,20). The molecule has 0 radical (unpaired) electrons. The van der Waals surface area contributed by atoms with Gasteiger partial charge in [0.15, 0.2) is 0 Å². The Kier molecular flexibility index (Phi) is 5.17. The van der Waals surface area contributed by atoms with Crippen LogP contribution in [0.25, 0.3) is 0 Å². The van der Waals surface area contributed by atoms with Crippen LogP contribution in [0.2, 0.25) is 0 Å². The van der Waals surface area contributed by atoms with E-state index in [1.807, 2.05) is 0 Å². The van der Waals surface area contributed by atoms with Gasteiger partial charge in [0.25, 0.3) is 0 Å². The highest BCUT2D eigenvalue weighted by Gasteiger charge is 2.22. The molecule has 2 heterocycles. The van der Waals surface area contributed by atoms with Gasteiger partial charge in [-0.15, -0.1) is 11.3 Å². The monoisotopic (exact) mass is 304 g/mol. The van der Waals surface area contributed by atoms with Gasteiger partial charge in [-0.3, -0.25) is 0 Å². The maximum absolute atomic E-state index is 4.42. The maximum Gasteiger partial charge on any atom is 0.134 e. The van der Waals surface area contributed by atoms with Crippen LogP contribution in [0.15, 0.2) is 23.8 Å². The molecule has 2 rings (SSSR count). The lowest BCUT2D eigenvalue weighted by Crippen LogP contribution is -2.27. The van der Waals surface area contributed by atoms with Gasteiger partial charge in [-0.1, -0.05) is 26.8 Å². The van der Waals surface area contributed by atoms with Crippen molar-refractivity contribution in [2.24, 2.45) is 0 Å². The molecule has 0 aliphatic carbocycles. The molecule has 114 valence electrons. The molecule has 5 heteroatoms. The first kappa shape index (κ1) is 15.8. The van der Waals surface area contributed by atoms with E-state index in [9.17, 15) is 0 Å². The fourth-order valence-corrected chi connectivity index (χ4v) is 3.13. The molecule has 0 spiro atoms. The smallest absolute Gasteiger partial charge is 0.134 e. The average Bonchev–Trinajstić information content (AvgIpc) is 3.01. The number of hydrogen-bond donors (Lipinski definition) is 2. The summed E-state index contributed by atoms with van der Waals surface area (Å²) in [7, 11) is 0. The predicted molar refractivity (Wildman–Crippen MR) is 91.4 cm³/mol. The highest BCUT2D eigenvalue weighted by Crippen LogP contribution is 2.28. The molecule has 2 N–H and O–H groups in total. The highest BCUT2D eigenvalue weighted by molar-refractivity contribution is 7.10. The van der Waals surface area contributed by atoms with E-state index in [1.165, 1.54) is 4.88 Å². The Hall–Kier alpha value is -1.62. The van der Waals surface area contributed by atoms with E-state index >= 15 is 0 Å². The lowest BCUT2D eigenvalue weighted by atomic mass is 9.91. The summed E-state index contributed by atoms with van der Waals surface area (Å²) < 4.78 is 0. The first-order valence-electron chi connectivity index (χ1n) is 7.44. The van der Waals surface area contributed by atoms with Gasteiger partial charge in [0, 0.05) is 28.9 Å². The molecule has 0 aliphatic heterocycles. The number of thiophene rings is 1. The SMILES string of the molecule is CCNc1ncnc(NCC(C)(C)c2cccs2)c1CC. The van der Waals surface area contributed by atoms with Gasteiger partial charge in [0.1, 0.15) is 18.0 Å². The van der Waals surface area contributed by atoms with Crippen molar-refractivity contribution >= 4 is 23.0 Å². The third kappa shape index (κ3) is 3.73. The number of anilines is 2. The summed E-state index contributed by atoms with van der Waals surface area (Å²) in [5.41, 5.74) is 1.24. The lowest BCUT2D eigenvalue weighted by molar-refractivity contribution is 0.568. The van der Waals surface area contributed by atoms with Crippen molar-refractivity contribution in [3.8, 4) is 0 Å². The summed E-state index contributed by atoms with van der Waals surface area (Å²) >= 11 is 1.80. The summed E-state index contributed by atoms with van der Waals surface area (Å²) in [5.74, 6) is 1.87. The molecule has 0 bridgehead atoms. The molecule has 0 saturated carbocycles. The van der Waals surface area contributed by atoms with E-state index in [-0.39, 0.29) is 5.41 Å². The number of rotatable bonds is 7. The van der Waals surface area contributed by atoms with Crippen molar-refractivity contribution in [1.82, 2.24) is 9.97 Å². The number of aromatic nitrogens is 2. The third-order valence-corrected chi connectivity index (χ3v) is 4.76. The Morgan fingerprint density at radius 3 is 2.43 bits per heavy atom. The van der Waals surface area contributed by atoms with Crippen LogP contribution in [0, 0.1) is 0 Å². The van der Waals surface area contributed by atoms with Crippen LogP contribution in [0.5, 0.6) is 0 Å². The maximum atomic E-state index is 4.42. The largest absolute Gasteiger partial charge is 0.370 e. The molecule has 2 aromatic rings. The van der Waals surface area contributed by atoms with Gasteiger partial charge in [0.2, 0.25) is 0 Å². The molecule has 0 unspecified atom stereocenters. The zero-order valence-corrected chi connectivity index (χ0v) is 14.0. The highest BCUT2D eigenvalue weighted by atomic mass is 32.1. The van der Waals surface area contributed by atoms with E-state index < -0.39 is 0 Å². The molecular weight excluding hydrogens is 280 g/mol. The second-order valence-electron chi connectivity index (χ2n) is 5.65. The van der Waals surface area contributed by atoms with Crippen molar-refractivity contribution in [1.29, 1.82) is 0 Å². The molecule has 0 atom stereocenters. The van der Waals surface area contributed by atoms with Crippen LogP contribution in [0.1, 0.15) is 38.1 Å².